The predicted octanol–water partition coefficient (Wildman–Crippen LogP) is 2.80. The SMILES string of the molecule is CCCCC1CC(NC(C)=O)CN(C(C)CC)C1. The summed E-state index contributed by atoms with van der Waals surface area (Å²) >= 11 is 0. The molecule has 1 saturated heterocycles. The number of piperidine rings is 1. The van der Waals surface area contributed by atoms with Gasteiger partial charge in [-0.3, -0.25) is 9.69 Å². The number of hydrogen-bond acceptors (Lipinski definition) is 2. The summed E-state index contributed by atoms with van der Waals surface area (Å²) in [6.45, 7) is 10.7. The summed E-state index contributed by atoms with van der Waals surface area (Å²) in [5, 5.41) is 3.12. The van der Waals surface area contributed by atoms with E-state index >= 15 is 0 Å². The molecule has 18 heavy (non-hydrogen) atoms. The van der Waals surface area contributed by atoms with Crippen molar-refractivity contribution in [3.05, 3.63) is 0 Å². The van der Waals surface area contributed by atoms with Gasteiger partial charge in [-0.15, -0.1) is 0 Å². The highest BCUT2D eigenvalue weighted by atomic mass is 16.1. The first-order valence-electron chi connectivity index (χ1n) is 7.57. The lowest BCUT2D eigenvalue weighted by atomic mass is 9.89. The third-order valence-electron chi connectivity index (χ3n) is 4.15. The molecule has 0 aliphatic carbocycles. The number of unbranched alkanes of at least 4 members (excludes halogenated alkanes) is 1. The van der Waals surface area contributed by atoms with Crippen molar-refractivity contribution in [3.8, 4) is 0 Å². The molecule has 0 saturated carbocycles. The molecule has 0 aromatic carbocycles. The number of carbonyl (C=O) groups is 1. The van der Waals surface area contributed by atoms with Gasteiger partial charge in [0.05, 0.1) is 0 Å². The van der Waals surface area contributed by atoms with Gasteiger partial charge in [0, 0.05) is 32.1 Å². The van der Waals surface area contributed by atoms with Crippen molar-refractivity contribution in [3.63, 3.8) is 0 Å². The number of nitrogens with one attached hydrogen (secondary N) is 1. The number of carbonyl (C=O) groups excluding carboxylic acids is 1. The average molecular weight is 254 g/mol. The van der Waals surface area contributed by atoms with E-state index in [1.54, 1.807) is 6.92 Å². The summed E-state index contributed by atoms with van der Waals surface area (Å²) in [7, 11) is 0. The van der Waals surface area contributed by atoms with Crippen LogP contribution in [0, 0.1) is 5.92 Å². The Kier molecular flexibility index (Phi) is 6.69. The normalized spacial score (nSPS) is 26.9. The van der Waals surface area contributed by atoms with Crippen LogP contribution in [0.5, 0.6) is 0 Å². The van der Waals surface area contributed by atoms with Crippen molar-refractivity contribution < 1.29 is 4.79 Å². The Bertz CT molecular complexity index is 255. The molecule has 1 amide bonds. The summed E-state index contributed by atoms with van der Waals surface area (Å²) < 4.78 is 0. The van der Waals surface area contributed by atoms with E-state index < -0.39 is 0 Å². The number of likely N-dealkylation sites (tertiary alicyclic amines) is 1. The van der Waals surface area contributed by atoms with Gasteiger partial charge in [0.25, 0.3) is 0 Å². The van der Waals surface area contributed by atoms with E-state index in [2.05, 4.69) is 31.0 Å². The zero-order chi connectivity index (χ0) is 13.5. The fraction of sp³-hybridized carbons (Fsp3) is 0.933. The van der Waals surface area contributed by atoms with Gasteiger partial charge >= 0.3 is 0 Å². The predicted molar refractivity (Wildman–Crippen MR) is 76.6 cm³/mol. The smallest absolute Gasteiger partial charge is 0.217 e. The monoisotopic (exact) mass is 254 g/mol. The minimum atomic E-state index is 0.111. The highest BCUT2D eigenvalue weighted by molar-refractivity contribution is 5.73. The first kappa shape index (κ1) is 15.5. The van der Waals surface area contributed by atoms with E-state index in [9.17, 15) is 4.79 Å². The van der Waals surface area contributed by atoms with Gasteiger partial charge in [0.15, 0.2) is 0 Å². The Morgan fingerprint density at radius 1 is 1.39 bits per heavy atom. The number of rotatable bonds is 6. The quantitative estimate of drug-likeness (QED) is 0.790. The van der Waals surface area contributed by atoms with Crippen LogP contribution in [0.15, 0.2) is 0 Å². The van der Waals surface area contributed by atoms with Crippen LogP contribution < -0.4 is 5.32 Å². The Morgan fingerprint density at radius 3 is 2.67 bits per heavy atom. The second-order valence-electron chi connectivity index (χ2n) is 5.85. The Labute approximate surface area is 112 Å². The third-order valence-corrected chi connectivity index (χ3v) is 4.15. The van der Waals surface area contributed by atoms with Gasteiger partial charge in [0.2, 0.25) is 5.91 Å². The van der Waals surface area contributed by atoms with Gasteiger partial charge in [-0.25, -0.2) is 0 Å². The summed E-state index contributed by atoms with van der Waals surface area (Å²) in [5.74, 6) is 0.866. The molecule has 0 radical (unpaired) electrons. The fourth-order valence-corrected chi connectivity index (χ4v) is 2.95. The van der Waals surface area contributed by atoms with Crippen LogP contribution in [0.1, 0.15) is 59.8 Å². The molecule has 1 N–H and O–H groups in total. The zero-order valence-electron chi connectivity index (χ0n) is 12.5. The van der Waals surface area contributed by atoms with E-state index in [1.165, 1.54) is 32.2 Å². The molecule has 1 aliphatic rings. The summed E-state index contributed by atoms with van der Waals surface area (Å²) in [4.78, 5) is 13.8. The first-order chi connectivity index (χ1) is 8.56. The second kappa shape index (κ2) is 7.78. The number of nitrogens with zero attached hydrogens (tertiary/aromatic N) is 1. The fourth-order valence-electron chi connectivity index (χ4n) is 2.95. The lowest BCUT2D eigenvalue weighted by Crippen LogP contribution is -2.52. The highest BCUT2D eigenvalue weighted by Crippen LogP contribution is 2.24. The molecule has 1 rings (SSSR count). The van der Waals surface area contributed by atoms with Gasteiger partial charge in [-0.2, -0.15) is 0 Å². The van der Waals surface area contributed by atoms with E-state index in [1.807, 2.05) is 0 Å². The van der Waals surface area contributed by atoms with Crippen molar-refractivity contribution in [2.45, 2.75) is 71.9 Å². The third kappa shape index (κ3) is 4.97. The van der Waals surface area contributed by atoms with E-state index in [0.29, 0.717) is 12.1 Å². The molecular weight excluding hydrogens is 224 g/mol. The van der Waals surface area contributed by atoms with Crippen molar-refractivity contribution >= 4 is 5.91 Å². The molecule has 106 valence electrons. The van der Waals surface area contributed by atoms with Crippen molar-refractivity contribution in [2.75, 3.05) is 13.1 Å². The van der Waals surface area contributed by atoms with Gasteiger partial charge in [-0.05, 0) is 32.1 Å². The van der Waals surface area contributed by atoms with E-state index in [-0.39, 0.29) is 5.91 Å². The minimum Gasteiger partial charge on any atom is -0.352 e. The molecule has 0 spiro atoms. The molecule has 3 heteroatoms. The zero-order valence-corrected chi connectivity index (χ0v) is 12.5. The average Bonchev–Trinajstić information content (AvgIpc) is 2.34. The lowest BCUT2D eigenvalue weighted by Gasteiger charge is -2.41. The summed E-state index contributed by atoms with van der Waals surface area (Å²) in [5.41, 5.74) is 0. The Hall–Kier alpha value is -0.570. The van der Waals surface area contributed by atoms with Crippen molar-refractivity contribution in [1.29, 1.82) is 0 Å². The van der Waals surface area contributed by atoms with Gasteiger partial charge in [-0.1, -0.05) is 26.7 Å². The number of hydrogen-bond donors (Lipinski definition) is 1. The number of amides is 1. The molecular formula is C15H30N2O. The van der Waals surface area contributed by atoms with Crippen LogP contribution in [0.2, 0.25) is 0 Å². The topological polar surface area (TPSA) is 32.3 Å². The molecule has 0 aromatic rings. The van der Waals surface area contributed by atoms with E-state index in [0.717, 1.165) is 18.9 Å². The molecule has 3 atom stereocenters. The van der Waals surface area contributed by atoms with E-state index in [4.69, 9.17) is 0 Å². The van der Waals surface area contributed by atoms with Crippen LogP contribution >= 0.6 is 0 Å². The molecule has 3 unspecified atom stereocenters. The van der Waals surface area contributed by atoms with Crippen LogP contribution in [0.4, 0.5) is 0 Å². The summed E-state index contributed by atoms with van der Waals surface area (Å²) in [6.07, 6.45) is 6.23. The van der Waals surface area contributed by atoms with Crippen LogP contribution in [-0.2, 0) is 4.79 Å². The Morgan fingerprint density at radius 2 is 2.11 bits per heavy atom. The summed E-state index contributed by atoms with van der Waals surface area (Å²) in [6, 6.07) is 0.984. The maximum Gasteiger partial charge on any atom is 0.217 e. The van der Waals surface area contributed by atoms with Crippen LogP contribution in [0.25, 0.3) is 0 Å². The second-order valence-corrected chi connectivity index (χ2v) is 5.85. The molecule has 1 fully saturated rings. The Balaban J connectivity index is 2.56. The highest BCUT2D eigenvalue weighted by Gasteiger charge is 2.29. The molecule has 1 aliphatic heterocycles. The first-order valence-corrected chi connectivity index (χ1v) is 7.57. The molecule has 0 bridgehead atoms. The largest absolute Gasteiger partial charge is 0.352 e. The van der Waals surface area contributed by atoms with Crippen molar-refractivity contribution in [2.24, 2.45) is 5.92 Å². The van der Waals surface area contributed by atoms with Crippen molar-refractivity contribution in [1.82, 2.24) is 10.2 Å². The van der Waals surface area contributed by atoms with Gasteiger partial charge in [0.1, 0.15) is 0 Å². The maximum absolute atomic E-state index is 11.2. The molecule has 1 heterocycles. The molecule has 0 aromatic heterocycles. The standard InChI is InChI=1S/C15H30N2O/c1-5-7-8-14-9-15(16-13(4)18)11-17(10-14)12(3)6-2/h12,14-15H,5-11H2,1-4H3,(H,16,18). The maximum atomic E-state index is 11.2. The minimum absolute atomic E-state index is 0.111. The van der Waals surface area contributed by atoms with Crippen LogP contribution in [-0.4, -0.2) is 36.0 Å². The molecule has 3 nitrogen and oxygen atoms in total. The van der Waals surface area contributed by atoms with Gasteiger partial charge < -0.3 is 5.32 Å². The van der Waals surface area contributed by atoms with Crippen LogP contribution in [0.3, 0.4) is 0 Å². The lowest BCUT2D eigenvalue weighted by molar-refractivity contribution is -0.120.